The van der Waals surface area contributed by atoms with Gasteiger partial charge in [-0.2, -0.15) is 0 Å². The van der Waals surface area contributed by atoms with Crippen molar-refractivity contribution in [3.63, 3.8) is 0 Å². The minimum absolute atomic E-state index is 0.000382. The molecule has 0 saturated heterocycles. The highest BCUT2D eigenvalue weighted by atomic mass is 15.1. The molecule has 0 N–H and O–H groups in total. The van der Waals surface area contributed by atoms with Crippen LogP contribution in [0.1, 0.15) is 125 Å². The molecule has 3 aliphatic heterocycles. The molecular formula is C81H67BN2. The molecule has 0 radical (unpaired) electrons. The number of benzene rings is 11. The first-order valence-electron chi connectivity index (χ1n) is 30.5. The van der Waals surface area contributed by atoms with Crippen molar-refractivity contribution in [2.75, 3.05) is 0 Å². The minimum atomic E-state index is -0.645. The standard InChI is InChI=1S/C81H67BN2/c1-77(2,3)51-37-33-48(34-38-51)69-62-43-50-23-17-18-28-57(50)70-75(62)83(72(69)49-35-39-52(40-36-49)78(4,5)6)68-42-41-65-76-71(68)82(70)67-47-56(80(9,10)54-26-15-12-16-27-54)45-61-60-44-55(79(7,8)53-24-13-11-14-25-53)46-66(73(60)84(76)74(61)67)81(65)63-31-21-19-29-58(63)59-30-20-22-32-64(59)81/h11-47H,1-10H3. The summed E-state index contributed by atoms with van der Waals surface area (Å²) < 4.78 is 5.54. The first kappa shape index (κ1) is 49.7. The summed E-state index contributed by atoms with van der Waals surface area (Å²) in [5.74, 6) is 0. The molecule has 1 aliphatic carbocycles. The summed E-state index contributed by atoms with van der Waals surface area (Å²) in [6, 6.07) is 87.9. The Labute approximate surface area is 494 Å². The van der Waals surface area contributed by atoms with Crippen molar-refractivity contribution in [1.82, 2.24) is 9.13 Å². The van der Waals surface area contributed by atoms with Crippen molar-refractivity contribution in [1.29, 1.82) is 0 Å². The lowest BCUT2D eigenvalue weighted by Crippen LogP contribution is -2.61. The predicted octanol–water partition coefficient (Wildman–Crippen LogP) is 18.3. The van der Waals surface area contributed by atoms with Crippen LogP contribution in [-0.2, 0) is 27.1 Å². The van der Waals surface area contributed by atoms with E-state index in [0.29, 0.717) is 0 Å². The van der Waals surface area contributed by atoms with Crippen molar-refractivity contribution < 1.29 is 0 Å². The van der Waals surface area contributed by atoms with E-state index in [-0.39, 0.29) is 28.4 Å². The zero-order chi connectivity index (χ0) is 57.1. The van der Waals surface area contributed by atoms with E-state index in [1.54, 1.807) is 0 Å². The zero-order valence-electron chi connectivity index (χ0n) is 49.8. The number of aromatic nitrogens is 2. The van der Waals surface area contributed by atoms with Gasteiger partial charge in [0.15, 0.2) is 0 Å². The van der Waals surface area contributed by atoms with Crippen LogP contribution in [0.15, 0.2) is 224 Å². The normalized spacial score (nSPS) is 14.4. The second kappa shape index (κ2) is 16.7. The van der Waals surface area contributed by atoms with E-state index < -0.39 is 5.41 Å². The monoisotopic (exact) mass is 1080 g/mol. The van der Waals surface area contributed by atoms with E-state index in [0.717, 1.165) is 0 Å². The first-order valence-corrected chi connectivity index (χ1v) is 30.5. The molecule has 5 heterocycles. The lowest BCUT2D eigenvalue weighted by molar-refractivity contribution is 0.590. The molecule has 404 valence electrons. The van der Waals surface area contributed by atoms with Crippen LogP contribution in [0.25, 0.3) is 88.4 Å². The highest BCUT2D eigenvalue weighted by Gasteiger charge is 2.55. The molecule has 0 saturated carbocycles. The molecule has 0 bridgehead atoms. The van der Waals surface area contributed by atoms with Crippen molar-refractivity contribution in [2.45, 2.75) is 96.3 Å². The Kier molecular flexibility index (Phi) is 9.86. The second-order valence-electron chi connectivity index (χ2n) is 28.0. The van der Waals surface area contributed by atoms with Gasteiger partial charge in [0.05, 0.1) is 22.1 Å². The fourth-order valence-electron chi connectivity index (χ4n) is 16.3. The third-order valence-corrected chi connectivity index (χ3v) is 20.8. The molecule has 2 aromatic heterocycles. The molecule has 0 atom stereocenters. The Bertz CT molecular complexity index is 4950. The van der Waals surface area contributed by atoms with E-state index in [1.807, 2.05) is 0 Å². The largest absolute Gasteiger partial charge is 0.310 e. The van der Waals surface area contributed by atoms with E-state index in [1.165, 1.54) is 160 Å². The fraction of sp³-hybridized carbons (Fsp3) is 0.185. The maximum Gasteiger partial charge on any atom is 0.253 e. The Hall–Kier alpha value is -8.92. The van der Waals surface area contributed by atoms with Crippen LogP contribution in [0.2, 0.25) is 0 Å². The molecule has 0 fully saturated rings. The Morgan fingerprint density at radius 1 is 0.345 bits per heavy atom. The summed E-state index contributed by atoms with van der Waals surface area (Å²) in [6.07, 6.45) is 0. The van der Waals surface area contributed by atoms with Gasteiger partial charge >= 0.3 is 0 Å². The molecule has 84 heavy (non-hydrogen) atoms. The summed E-state index contributed by atoms with van der Waals surface area (Å²) in [4.78, 5) is 0. The highest BCUT2D eigenvalue weighted by molar-refractivity contribution is 7.01. The average molecular weight is 1080 g/mol. The van der Waals surface area contributed by atoms with E-state index in [2.05, 4.69) is 303 Å². The van der Waals surface area contributed by atoms with Crippen molar-refractivity contribution in [3.05, 3.63) is 280 Å². The van der Waals surface area contributed by atoms with Crippen molar-refractivity contribution in [2.24, 2.45) is 0 Å². The van der Waals surface area contributed by atoms with Crippen LogP contribution in [-0.4, -0.2) is 15.8 Å². The van der Waals surface area contributed by atoms with Crippen LogP contribution >= 0.6 is 0 Å². The van der Waals surface area contributed by atoms with Gasteiger partial charge in [-0.15, -0.1) is 0 Å². The van der Waals surface area contributed by atoms with Crippen LogP contribution in [0.4, 0.5) is 0 Å². The summed E-state index contributed by atoms with van der Waals surface area (Å²) in [6.45, 7) is 23.6. The molecule has 0 amide bonds. The topological polar surface area (TPSA) is 9.86 Å². The van der Waals surface area contributed by atoms with Crippen molar-refractivity contribution in [3.8, 4) is 44.9 Å². The Balaban J connectivity index is 1.11. The number of hydrogen-bond donors (Lipinski definition) is 0. The predicted molar refractivity (Wildman–Crippen MR) is 356 cm³/mol. The summed E-state index contributed by atoms with van der Waals surface area (Å²) >= 11 is 0. The molecule has 2 nitrogen and oxygen atoms in total. The number of nitrogens with zero attached hydrogens (tertiary/aromatic N) is 2. The molecule has 11 aromatic carbocycles. The lowest BCUT2D eigenvalue weighted by atomic mass is 9.33. The van der Waals surface area contributed by atoms with Crippen molar-refractivity contribution >= 4 is 66.6 Å². The van der Waals surface area contributed by atoms with E-state index in [4.69, 9.17) is 0 Å². The van der Waals surface area contributed by atoms with E-state index in [9.17, 15) is 0 Å². The van der Waals surface area contributed by atoms with Gasteiger partial charge in [0.25, 0.3) is 6.71 Å². The average Bonchev–Trinajstić information content (AvgIpc) is 1.42. The SMILES string of the molecule is CC(C)(C)c1ccc(-c2c(-c3ccc(C(C)(C)C)cc3)n3c4c(c5ccccc5cc24)B2c4c-3ccc3c4-n4c5c2cc(C(C)(C)c2ccccc2)cc5c2cc(C(C)(C)c5ccccc5)cc(c24)C32c3ccccc3-c3ccccc32)cc1. The minimum Gasteiger partial charge on any atom is -0.310 e. The smallest absolute Gasteiger partial charge is 0.253 e. The lowest BCUT2D eigenvalue weighted by Gasteiger charge is -2.44. The third-order valence-electron chi connectivity index (χ3n) is 20.8. The summed E-state index contributed by atoms with van der Waals surface area (Å²) in [5, 5.41) is 6.50. The summed E-state index contributed by atoms with van der Waals surface area (Å²) in [5.41, 5.74) is 30.4. The van der Waals surface area contributed by atoms with Gasteiger partial charge in [0.1, 0.15) is 0 Å². The quantitative estimate of drug-likeness (QED) is 0.147. The number of hydrogen-bond acceptors (Lipinski definition) is 0. The molecular weight excluding hydrogens is 1010 g/mol. The first-order chi connectivity index (χ1) is 40.5. The van der Waals surface area contributed by atoms with Gasteiger partial charge in [-0.25, -0.2) is 0 Å². The maximum atomic E-state index is 2.80. The van der Waals surface area contributed by atoms with E-state index >= 15 is 0 Å². The molecule has 3 heteroatoms. The number of fused-ring (bicyclic) bond motifs is 13. The van der Waals surface area contributed by atoms with Crippen LogP contribution in [0.5, 0.6) is 0 Å². The number of rotatable bonds is 6. The summed E-state index contributed by atoms with van der Waals surface area (Å²) in [7, 11) is 0. The third kappa shape index (κ3) is 6.32. The van der Waals surface area contributed by atoms with Crippen LogP contribution < -0.4 is 16.4 Å². The molecule has 1 spiro atoms. The van der Waals surface area contributed by atoms with Crippen LogP contribution in [0.3, 0.4) is 0 Å². The molecule has 17 rings (SSSR count). The fourth-order valence-corrected chi connectivity index (χ4v) is 16.3. The van der Waals surface area contributed by atoms with Gasteiger partial charge < -0.3 is 9.13 Å². The van der Waals surface area contributed by atoms with Gasteiger partial charge in [-0.3, -0.25) is 0 Å². The molecule has 0 unspecified atom stereocenters. The van der Waals surface area contributed by atoms with Gasteiger partial charge in [0, 0.05) is 49.4 Å². The Morgan fingerprint density at radius 3 is 1.46 bits per heavy atom. The zero-order valence-corrected chi connectivity index (χ0v) is 49.8. The van der Waals surface area contributed by atoms with Gasteiger partial charge in [-0.1, -0.05) is 269 Å². The van der Waals surface area contributed by atoms with Gasteiger partial charge in [-0.05, 0) is 140 Å². The maximum absolute atomic E-state index is 2.80. The van der Waals surface area contributed by atoms with Gasteiger partial charge in [0.2, 0.25) is 0 Å². The molecule has 4 aliphatic rings. The second-order valence-corrected chi connectivity index (χ2v) is 28.0. The highest BCUT2D eigenvalue weighted by Crippen LogP contribution is 2.63. The van der Waals surface area contributed by atoms with Crippen LogP contribution in [0, 0.1) is 0 Å². The Morgan fingerprint density at radius 2 is 0.869 bits per heavy atom. The molecule has 13 aromatic rings.